The Balaban J connectivity index is 2.11. The molecule has 0 aliphatic rings. The highest BCUT2D eigenvalue weighted by Gasteiger charge is 2.08. The van der Waals surface area contributed by atoms with E-state index in [1.165, 1.54) is 11.0 Å². The molecule has 0 spiro atoms. The van der Waals surface area contributed by atoms with E-state index in [1.54, 1.807) is 30.3 Å². The summed E-state index contributed by atoms with van der Waals surface area (Å²) in [5, 5.41) is 12.9. The average Bonchev–Trinajstić information content (AvgIpc) is 2.77. The van der Waals surface area contributed by atoms with E-state index in [1.807, 2.05) is 0 Å². The lowest BCUT2D eigenvalue weighted by Gasteiger charge is -2.00. The Labute approximate surface area is 102 Å². The van der Waals surface area contributed by atoms with E-state index in [4.69, 9.17) is 16.9 Å². The lowest BCUT2D eigenvalue weighted by molar-refractivity contribution is 0.0967. The van der Waals surface area contributed by atoms with Crippen molar-refractivity contribution in [3.8, 4) is 6.07 Å². The number of carbonyl (C=O) groups excluding carboxylic acids is 1. The van der Waals surface area contributed by atoms with Crippen LogP contribution in [0.5, 0.6) is 0 Å². The van der Waals surface area contributed by atoms with Crippen LogP contribution in [-0.2, 0) is 6.54 Å². The van der Waals surface area contributed by atoms with Crippen molar-refractivity contribution in [3.63, 3.8) is 0 Å². The van der Waals surface area contributed by atoms with E-state index in [0.717, 1.165) is 0 Å². The highest BCUT2D eigenvalue weighted by Crippen LogP contribution is 2.10. The summed E-state index contributed by atoms with van der Waals surface area (Å²) in [6, 6.07) is 8.39. The molecule has 0 N–H and O–H groups in total. The van der Waals surface area contributed by atoms with Gasteiger partial charge in [0.2, 0.25) is 0 Å². The minimum absolute atomic E-state index is 0.0499. The number of nitrogens with zero attached hydrogens (tertiary/aromatic N) is 4. The van der Waals surface area contributed by atoms with Crippen molar-refractivity contribution in [2.45, 2.75) is 6.54 Å². The molecule has 0 radical (unpaired) electrons. The van der Waals surface area contributed by atoms with E-state index in [0.29, 0.717) is 10.6 Å². The van der Waals surface area contributed by atoms with Crippen LogP contribution in [0.3, 0.4) is 0 Å². The first kappa shape index (κ1) is 11.3. The summed E-state index contributed by atoms with van der Waals surface area (Å²) in [4.78, 5) is 15.5. The summed E-state index contributed by atoms with van der Waals surface area (Å²) in [6.45, 7) is 0.0519. The molecule has 6 heteroatoms. The molecule has 0 aliphatic heterocycles. The highest BCUT2D eigenvalue weighted by atomic mass is 35.5. The fourth-order valence-corrected chi connectivity index (χ4v) is 1.42. The standard InChI is InChI=1S/C11H7ClN4O/c12-9-3-1-8(2-4-9)10(17)6-16-7-14-11(5-13)15-16/h1-4,7H,6H2. The van der Waals surface area contributed by atoms with Crippen LogP contribution in [0.1, 0.15) is 16.2 Å². The molecule has 84 valence electrons. The maximum atomic E-state index is 11.8. The monoisotopic (exact) mass is 246 g/mol. The van der Waals surface area contributed by atoms with Crippen molar-refractivity contribution in [3.05, 3.63) is 47.0 Å². The molecule has 1 heterocycles. The molecule has 1 aromatic heterocycles. The minimum atomic E-state index is -0.115. The van der Waals surface area contributed by atoms with Gasteiger partial charge in [-0.15, -0.1) is 5.10 Å². The van der Waals surface area contributed by atoms with E-state index >= 15 is 0 Å². The maximum Gasteiger partial charge on any atom is 0.252 e. The van der Waals surface area contributed by atoms with Gasteiger partial charge in [0.05, 0.1) is 0 Å². The van der Waals surface area contributed by atoms with Gasteiger partial charge in [0.15, 0.2) is 5.78 Å². The Bertz CT molecular complexity index is 582. The topological polar surface area (TPSA) is 71.6 Å². The lowest BCUT2D eigenvalue weighted by Crippen LogP contribution is -2.10. The Morgan fingerprint density at radius 2 is 2.12 bits per heavy atom. The molecule has 0 saturated carbocycles. The number of hydrogen-bond donors (Lipinski definition) is 0. The van der Waals surface area contributed by atoms with Gasteiger partial charge in [0, 0.05) is 10.6 Å². The number of benzene rings is 1. The zero-order chi connectivity index (χ0) is 12.3. The van der Waals surface area contributed by atoms with E-state index < -0.39 is 0 Å². The van der Waals surface area contributed by atoms with Gasteiger partial charge < -0.3 is 0 Å². The van der Waals surface area contributed by atoms with Gasteiger partial charge in [-0.2, -0.15) is 5.26 Å². The average molecular weight is 247 g/mol. The summed E-state index contributed by atoms with van der Waals surface area (Å²) >= 11 is 5.72. The van der Waals surface area contributed by atoms with Crippen molar-refractivity contribution < 1.29 is 4.79 Å². The molecular weight excluding hydrogens is 240 g/mol. The molecule has 2 rings (SSSR count). The van der Waals surface area contributed by atoms with Crippen molar-refractivity contribution >= 4 is 17.4 Å². The van der Waals surface area contributed by atoms with Crippen molar-refractivity contribution in [1.29, 1.82) is 5.26 Å². The second-order valence-corrected chi connectivity index (χ2v) is 3.74. The molecule has 0 bridgehead atoms. The largest absolute Gasteiger partial charge is 0.292 e. The van der Waals surface area contributed by atoms with Gasteiger partial charge in [0.1, 0.15) is 18.9 Å². The molecule has 5 nitrogen and oxygen atoms in total. The van der Waals surface area contributed by atoms with Crippen molar-refractivity contribution in [2.75, 3.05) is 0 Å². The fraction of sp³-hybridized carbons (Fsp3) is 0.0909. The summed E-state index contributed by atoms with van der Waals surface area (Å²) in [5.41, 5.74) is 0.545. The van der Waals surface area contributed by atoms with Gasteiger partial charge in [0.25, 0.3) is 5.82 Å². The van der Waals surface area contributed by atoms with Crippen LogP contribution in [0.25, 0.3) is 0 Å². The molecule has 0 amide bonds. The van der Waals surface area contributed by atoms with Crippen LogP contribution >= 0.6 is 11.6 Å². The highest BCUT2D eigenvalue weighted by molar-refractivity contribution is 6.30. The number of halogens is 1. The second-order valence-electron chi connectivity index (χ2n) is 3.31. The van der Waals surface area contributed by atoms with E-state index in [-0.39, 0.29) is 18.2 Å². The summed E-state index contributed by atoms with van der Waals surface area (Å²) < 4.78 is 1.33. The summed E-state index contributed by atoms with van der Waals surface area (Å²) in [6.07, 6.45) is 1.35. The molecule has 0 saturated heterocycles. The zero-order valence-electron chi connectivity index (χ0n) is 8.67. The van der Waals surface area contributed by atoms with Gasteiger partial charge in [-0.3, -0.25) is 4.79 Å². The third kappa shape index (κ3) is 2.68. The first-order chi connectivity index (χ1) is 8.19. The van der Waals surface area contributed by atoms with Gasteiger partial charge in [-0.05, 0) is 24.3 Å². The Kier molecular flexibility index (Phi) is 3.17. The Hall–Kier alpha value is -2.19. The molecule has 2 aromatic rings. The molecule has 1 aromatic carbocycles. The van der Waals surface area contributed by atoms with Crippen LogP contribution in [0.15, 0.2) is 30.6 Å². The molecule has 17 heavy (non-hydrogen) atoms. The number of aromatic nitrogens is 3. The van der Waals surface area contributed by atoms with Crippen molar-refractivity contribution in [2.24, 2.45) is 0 Å². The molecular formula is C11H7ClN4O. The SMILES string of the molecule is N#Cc1ncn(CC(=O)c2ccc(Cl)cc2)n1. The van der Waals surface area contributed by atoms with Crippen LogP contribution in [0.2, 0.25) is 5.02 Å². The van der Waals surface area contributed by atoms with Gasteiger partial charge in [-0.25, -0.2) is 9.67 Å². The quantitative estimate of drug-likeness (QED) is 0.773. The molecule has 0 aliphatic carbocycles. The van der Waals surface area contributed by atoms with E-state index in [9.17, 15) is 4.79 Å². The summed E-state index contributed by atoms with van der Waals surface area (Å²) in [7, 11) is 0. The first-order valence-corrected chi connectivity index (χ1v) is 5.15. The Morgan fingerprint density at radius 3 is 2.71 bits per heavy atom. The summed E-state index contributed by atoms with van der Waals surface area (Å²) in [5.74, 6) is -0.0648. The van der Waals surface area contributed by atoms with Crippen molar-refractivity contribution in [1.82, 2.24) is 14.8 Å². The number of carbonyl (C=O) groups is 1. The third-order valence-corrected chi connectivity index (χ3v) is 2.36. The molecule has 0 fully saturated rings. The minimum Gasteiger partial charge on any atom is -0.292 e. The number of Topliss-reactive ketones (excluding diaryl/α,β-unsaturated/α-hetero) is 1. The maximum absolute atomic E-state index is 11.8. The predicted molar refractivity (Wildman–Crippen MR) is 60.5 cm³/mol. The first-order valence-electron chi connectivity index (χ1n) is 4.77. The predicted octanol–water partition coefficient (Wildman–Crippen LogP) is 1.69. The van der Waals surface area contributed by atoms with Gasteiger partial charge in [-0.1, -0.05) is 11.6 Å². The fourth-order valence-electron chi connectivity index (χ4n) is 1.30. The van der Waals surface area contributed by atoms with Crippen LogP contribution in [0, 0.1) is 11.3 Å². The third-order valence-electron chi connectivity index (χ3n) is 2.11. The second kappa shape index (κ2) is 4.76. The molecule has 0 unspecified atom stereocenters. The lowest BCUT2D eigenvalue weighted by atomic mass is 10.1. The van der Waals surface area contributed by atoms with Gasteiger partial charge >= 0.3 is 0 Å². The number of hydrogen-bond acceptors (Lipinski definition) is 4. The van der Waals surface area contributed by atoms with E-state index in [2.05, 4.69) is 10.1 Å². The number of ketones is 1. The smallest absolute Gasteiger partial charge is 0.252 e. The normalized spacial score (nSPS) is 9.88. The zero-order valence-corrected chi connectivity index (χ0v) is 9.42. The number of nitriles is 1. The van der Waals surface area contributed by atoms with Crippen LogP contribution in [0.4, 0.5) is 0 Å². The van der Waals surface area contributed by atoms with Crippen LogP contribution < -0.4 is 0 Å². The Morgan fingerprint density at radius 1 is 1.41 bits per heavy atom. The molecule has 0 atom stereocenters. The number of rotatable bonds is 3. The van der Waals surface area contributed by atoms with Crippen LogP contribution in [-0.4, -0.2) is 20.5 Å².